The van der Waals surface area contributed by atoms with E-state index in [-0.39, 0.29) is 11.2 Å². The number of rotatable bonds is 2. The highest BCUT2D eigenvalue weighted by Crippen LogP contribution is 2.48. The topological polar surface area (TPSA) is 37.6 Å². The first-order chi connectivity index (χ1) is 9.94. The Morgan fingerprint density at radius 1 is 1.43 bits per heavy atom. The zero-order valence-corrected chi connectivity index (χ0v) is 12.5. The molecule has 0 saturated carbocycles. The van der Waals surface area contributed by atoms with Gasteiger partial charge in [0.1, 0.15) is 0 Å². The van der Waals surface area contributed by atoms with Gasteiger partial charge in [0.05, 0.1) is 6.57 Å². The third-order valence-corrected chi connectivity index (χ3v) is 4.41. The fraction of sp³-hybridized carbons (Fsp3) is 0.471. The minimum atomic E-state index is -0.422. The third-order valence-electron chi connectivity index (χ3n) is 4.41. The number of aromatic nitrogens is 1. The summed E-state index contributed by atoms with van der Waals surface area (Å²) in [4.78, 5) is 22.1. The predicted octanol–water partition coefficient (Wildman–Crippen LogP) is 2.69. The van der Waals surface area contributed by atoms with Crippen LogP contribution in [0.4, 0.5) is 0 Å². The summed E-state index contributed by atoms with van der Waals surface area (Å²) in [6, 6.07) is 4.02. The lowest BCUT2D eigenvalue weighted by atomic mass is 9.62. The zero-order chi connectivity index (χ0) is 15.1. The average Bonchev–Trinajstić information content (AvgIpc) is 2.42. The molecule has 1 aliphatic heterocycles. The second-order valence-electron chi connectivity index (χ2n) is 6.90. The van der Waals surface area contributed by atoms with Crippen LogP contribution in [-0.4, -0.2) is 28.8 Å². The number of nitrogens with zero attached hydrogens (tertiary/aromatic N) is 3. The largest absolute Gasteiger partial charge is 0.307 e. The molecule has 1 aliphatic carbocycles. The Bertz CT molecular complexity index is 634. The molecule has 21 heavy (non-hydrogen) atoms. The van der Waals surface area contributed by atoms with Crippen molar-refractivity contribution in [1.29, 1.82) is 0 Å². The van der Waals surface area contributed by atoms with Gasteiger partial charge in [-0.1, -0.05) is 26.0 Å². The smallest absolute Gasteiger partial charge is 0.226 e. The van der Waals surface area contributed by atoms with Crippen molar-refractivity contribution >= 4 is 5.78 Å². The number of hydrogen-bond donors (Lipinski definition) is 0. The fourth-order valence-corrected chi connectivity index (χ4v) is 3.71. The van der Waals surface area contributed by atoms with Gasteiger partial charge in [-0.2, -0.15) is 0 Å². The minimum Gasteiger partial charge on any atom is -0.307 e. The predicted molar refractivity (Wildman–Crippen MR) is 80.0 cm³/mol. The number of Topliss-reactive ketones (excluding diaryl/α,β-unsaturated/α-hetero) is 1. The number of likely N-dealkylation sites (tertiary alicyclic amines) is 1. The van der Waals surface area contributed by atoms with Crippen molar-refractivity contribution in [1.82, 2.24) is 9.88 Å². The standard InChI is InChI=1S/C17H19N3O/c1-16(2)10-17(7-14(18-3)15(16)21)11-20(12-17)9-13-5-4-6-19-8-13/h4-8H,9-12H2,1-2H3. The number of allylic oxidation sites excluding steroid dienone is 1. The normalized spacial score (nSPS) is 23.3. The quantitative estimate of drug-likeness (QED) is 0.782. The molecule has 0 unspecified atom stereocenters. The summed E-state index contributed by atoms with van der Waals surface area (Å²) < 4.78 is 0. The van der Waals surface area contributed by atoms with Gasteiger partial charge in [0.25, 0.3) is 0 Å². The van der Waals surface area contributed by atoms with Crippen molar-refractivity contribution in [2.75, 3.05) is 13.1 Å². The second kappa shape index (κ2) is 4.78. The molecule has 3 rings (SSSR count). The lowest BCUT2D eigenvalue weighted by molar-refractivity contribution is -0.128. The summed E-state index contributed by atoms with van der Waals surface area (Å²) in [5.41, 5.74) is 1.11. The third kappa shape index (κ3) is 2.50. The molecule has 2 heterocycles. The van der Waals surface area contributed by atoms with E-state index in [9.17, 15) is 4.79 Å². The van der Waals surface area contributed by atoms with Crippen LogP contribution in [0.1, 0.15) is 25.8 Å². The average molecular weight is 281 g/mol. The Hall–Kier alpha value is -1.99. The van der Waals surface area contributed by atoms with E-state index in [1.54, 1.807) is 6.20 Å². The Morgan fingerprint density at radius 3 is 2.81 bits per heavy atom. The van der Waals surface area contributed by atoms with Crippen LogP contribution in [0.5, 0.6) is 0 Å². The Morgan fingerprint density at radius 2 is 2.19 bits per heavy atom. The monoisotopic (exact) mass is 281 g/mol. The molecule has 1 aromatic heterocycles. The van der Waals surface area contributed by atoms with Crippen molar-refractivity contribution in [2.24, 2.45) is 10.8 Å². The molecule has 0 N–H and O–H groups in total. The van der Waals surface area contributed by atoms with Gasteiger partial charge in [-0.25, -0.2) is 4.85 Å². The van der Waals surface area contributed by atoms with Crippen molar-refractivity contribution in [2.45, 2.75) is 26.8 Å². The summed E-state index contributed by atoms with van der Waals surface area (Å²) in [7, 11) is 0. The van der Waals surface area contributed by atoms with E-state index < -0.39 is 5.41 Å². The lowest BCUT2D eigenvalue weighted by Gasteiger charge is -2.53. The fourth-order valence-electron chi connectivity index (χ4n) is 3.71. The number of carbonyl (C=O) groups excluding carboxylic acids is 1. The Kier molecular flexibility index (Phi) is 3.18. The highest BCUT2D eigenvalue weighted by molar-refractivity contribution is 6.02. The summed E-state index contributed by atoms with van der Waals surface area (Å²) in [5, 5.41) is 0. The molecule has 4 heteroatoms. The van der Waals surface area contributed by atoms with Crippen molar-refractivity contribution in [3.8, 4) is 0 Å². The molecule has 0 amide bonds. The van der Waals surface area contributed by atoms with Crippen molar-refractivity contribution < 1.29 is 4.79 Å². The van der Waals surface area contributed by atoms with Gasteiger partial charge in [0.15, 0.2) is 5.78 Å². The van der Waals surface area contributed by atoms with Gasteiger partial charge < -0.3 is 4.79 Å². The number of ketones is 1. The molecule has 2 aliphatic rings. The molecule has 108 valence electrons. The summed E-state index contributed by atoms with van der Waals surface area (Å²) in [5.74, 6) is -0.00571. The summed E-state index contributed by atoms with van der Waals surface area (Å²) in [6.45, 7) is 13.8. The van der Waals surface area contributed by atoms with Crippen LogP contribution in [-0.2, 0) is 11.3 Å². The number of carbonyl (C=O) groups is 1. The maximum Gasteiger partial charge on any atom is 0.226 e. The molecule has 0 radical (unpaired) electrons. The molecule has 0 aromatic carbocycles. The molecule has 1 fully saturated rings. The van der Waals surface area contributed by atoms with E-state index in [0.717, 1.165) is 26.1 Å². The number of pyridine rings is 1. The molecular formula is C17H19N3O. The van der Waals surface area contributed by atoms with Gasteiger partial charge in [0.2, 0.25) is 5.70 Å². The molecule has 0 bridgehead atoms. The first kappa shape index (κ1) is 14.0. The minimum absolute atomic E-state index is 0.000494. The molecule has 1 spiro atoms. The second-order valence-corrected chi connectivity index (χ2v) is 6.90. The molecule has 1 saturated heterocycles. The van der Waals surface area contributed by atoms with Crippen LogP contribution < -0.4 is 0 Å². The Balaban J connectivity index is 1.73. The van der Waals surface area contributed by atoms with Crippen LogP contribution in [0.3, 0.4) is 0 Å². The van der Waals surface area contributed by atoms with E-state index in [4.69, 9.17) is 6.57 Å². The van der Waals surface area contributed by atoms with Crippen LogP contribution >= 0.6 is 0 Å². The highest BCUT2D eigenvalue weighted by Gasteiger charge is 2.50. The number of hydrogen-bond acceptors (Lipinski definition) is 3. The van der Waals surface area contributed by atoms with Crippen molar-refractivity contribution in [3.63, 3.8) is 0 Å². The maximum atomic E-state index is 12.2. The van der Waals surface area contributed by atoms with Crippen LogP contribution in [0.15, 0.2) is 36.3 Å². The molecule has 0 atom stereocenters. The van der Waals surface area contributed by atoms with Gasteiger partial charge in [-0.3, -0.25) is 9.88 Å². The van der Waals surface area contributed by atoms with E-state index in [0.29, 0.717) is 5.70 Å². The van der Waals surface area contributed by atoms with Gasteiger partial charge in [-0.05, 0) is 18.1 Å². The maximum absolute atomic E-state index is 12.2. The summed E-state index contributed by atoms with van der Waals surface area (Å²) >= 11 is 0. The van der Waals surface area contributed by atoms with E-state index in [1.165, 1.54) is 5.56 Å². The van der Waals surface area contributed by atoms with Crippen molar-refractivity contribution in [3.05, 3.63) is 53.3 Å². The molecular weight excluding hydrogens is 262 g/mol. The van der Waals surface area contributed by atoms with E-state index in [2.05, 4.69) is 20.8 Å². The van der Waals surface area contributed by atoms with Gasteiger partial charge in [0, 0.05) is 42.9 Å². The van der Waals surface area contributed by atoms with E-state index in [1.807, 2.05) is 32.2 Å². The van der Waals surface area contributed by atoms with E-state index >= 15 is 0 Å². The van der Waals surface area contributed by atoms with Crippen LogP contribution in [0.2, 0.25) is 0 Å². The van der Waals surface area contributed by atoms with Gasteiger partial charge in [-0.15, -0.1) is 0 Å². The lowest BCUT2D eigenvalue weighted by Crippen LogP contribution is -2.58. The van der Waals surface area contributed by atoms with Crippen LogP contribution in [0.25, 0.3) is 4.85 Å². The first-order valence-corrected chi connectivity index (χ1v) is 7.21. The SMILES string of the molecule is [C-]#[N+]C1=CC2(CN(Cc3cccnc3)C2)CC(C)(C)C1=O. The van der Waals surface area contributed by atoms with Crippen LogP contribution in [0, 0.1) is 17.4 Å². The highest BCUT2D eigenvalue weighted by atomic mass is 16.1. The summed E-state index contributed by atoms with van der Waals surface area (Å²) in [6.07, 6.45) is 6.43. The van der Waals surface area contributed by atoms with Gasteiger partial charge >= 0.3 is 0 Å². The zero-order valence-electron chi connectivity index (χ0n) is 12.5. The first-order valence-electron chi connectivity index (χ1n) is 7.21. The Labute approximate surface area is 125 Å². The molecule has 1 aromatic rings. The molecule has 4 nitrogen and oxygen atoms in total.